The maximum atomic E-state index is 6.04. The van der Waals surface area contributed by atoms with Crippen LogP contribution < -0.4 is 15.8 Å². The Labute approximate surface area is 190 Å². The molecule has 0 radical (unpaired) electrons. The molecule has 0 saturated carbocycles. The Morgan fingerprint density at radius 1 is 1.14 bits per heavy atom. The van der Waals surface area contributed by atoms with Crippen LogP contribution in [0.1, 0.15) is 18.1 Å². The zero-order valence-electron chi connectivity index (χ0n) is 17.0. The van der Waals surface area contributed by atoms with Crippen molar-refractivity contribution >= 4 is 35.6 Å². The molecule has 0 spiro atoms. The largest absolute Gasteiger partial charge is 0.492 e. The Kier molecular flexibility index (Phi) is 10.2. The van der Waals surface area contributed by atoms with Gasteiger partial charge in [0.05, 0.1) is 19.8 Å². The highest BCUT2D eigenvalue weighted by Gasteiger charge is 2.09. The summed E-state index contributed by atoms with van der Waals surface area (Å²) in [4.78, 5) is 6.80. The van der Waals surface area contributed by atoms with Crippen molar-refractivity contribution in [3.63, 3.8) is 0 Å². The third kappa shape index (κ3) is 8.20. The van der Waals surface area contributed by atoms with Crippen molar-refractivity contribution in [3.8, 4) is 5.75 Å². The van der Waals surface area contributed by atoms with Gasteiger partial charge < -0.3 is 20.5 Å². The summed E-state index contributed by atoms with van der Waals surface area (Å²) in [5, 5.41) is 3.15. The standard InChI is InChI=1S/C22H30N4O2.HI/c1-2-18-5-3-7-20(15-18)25-22(23)24-17-19-6-4-8-21(16-19)28-14-11-26-9-12-27-13-10-26;/h3-8,15-16H,2,9-14,17H2,1H3,(H3,23,24,25);1H. The fraction of sp³-hybridized carbons (Fsp3) is 0.409. The number of hydrogen-bond acceptors (Lipinski definition) is 4. The van der Waals surface area contributed by atoms with Crippen LogP contribution in [0, 0.1) is 0 Å². The third-order valence-corrected chi connectivity index (χ3v) is 4.72. The van der Waals surface area contributed by atoms with E-state index < -0.39 is 0 Å². The van der Waals surface area contributed by atoms with Crippen molar-refractivity contribution < 1.29 is 9.47 Å². The predicted octanol–water partition coefficient (Wildman–Crippen LogP) is 3.50. The summed E-state index contributed by atoms with van der Waals surface area (Å²) in [6.07, 6.45) is 0.991. The molecule has 2 aromatic rings. The van der Waals surface area contributed by atoms with Gasteiger partial charge in [0.15, 0.2) is 5.96 Å². The molecule has 2 aromatic carbocycles. The van der Waals surface area contributed by atoms with Crippen LogP contribution in [0.3, 0.4) is 0 Å². The van der Waals surface area contributed by atoms with Gasteiger partial charge in [-0.3, -0.25) is 4.90 Å². The second-order valence-corrected chi connectivity index (χ2v) is 6.83. The molecule has 1 aliphatic rings. The molecule has 3 rings (SSSR count). The molecule has 0 aliphatic carbocycles. The van der Waals surface area contributed by atoms with Crippen molar-refractivity contribution in [2.24, 2.45) is 10.7 Å². The Morgan fingerprint density at radius 2 is 1.90 bits per heavy atom. The van der Waals surface area contributed by atoms with E-state index >= 15 is 0 Å². The summed E-state index contributed by atoms with van der Waals surface area (Å²) in [6.45, 7) is 7.80. The molecule has 0 bridgehead atoms. The number of aliphatic imine (C=N–C) groups is 1. The van der Waals surface area contributed by atoms with Gasteiger partial charge in [0.1, 0.15) is 12.4 Å². The van der Waals surface area contributed by atoms with Crippen LogP contribution in [0.15, 0.2) is 53.5 Å². The highest BCUT2D eigenvalue weighted by Crippen LogP contribution is 2.15. The summed E-state index contributed by atoms with van der Waals surface area (Å²) in [7, 11) is 0. The average Bonchev–Trinajstić information content (AvgIpc) is 2.73. The van der Waals surface area contributed by atoms with Gasteiger partial charge >= 0.3 is 0 Å². The number of nitrogens with zero attached hydrogens (tertiary/aromatic N) is 2. The van der Waals surface area contributed by atoms with E-state index in [2.05, 4.69) is 34.3 Å². The van der Waals surface area contributed by atoms with Gasteiger partial charge in [0.25, 0.3) is 0 Å². The van der Waals surface area contributed by atoms with Crippen LogP contribution in [0.4, 0.5) is 5.69 Å². The number of guanidine groups is 1. The Bertz CT molecular complexity index is 779. The predicted molar refractivity (Wildman–Crippen MR) is 129 cm³/mol. The van der Waals surface area contributed by atoms with Gasteiger partial charge in [-0.25, -0.2) is 4.99 Å². The number of hydrogen-bond donors (Lipinski definition) is 2. The van der Waals surface area contributed by atoms with Gasteiger partial charge in [-0.15, -0.1) is 24.0 Å². The summed E-state index contributed by atoms with van der Waals surface area (Å²) >= 11 is 0. The second kappa shape index (κ2) is 12.7. The molecule has 1 heterocycles. The molecule has 3 N–H and O–H groups in total. The van der Waals surface area contributed by atoms with E-state index in [4.69, 9.17) is 15.2 Å². The first-order valence-electron chi connectivity index (χ1n) is 9.90. The average molecular weight is 510 g/mol. The molecule has 0 amide bonds. The van der Waals surface area contributed by atoms with E-state index in [1.54, 1.807) is 0 Å². The lowest BCUT2D eigenvalue weighted by Crippen LogP contribution is -2.38. The smallest absolute Gasteiger partial charge is 0.193 e. The van der Waals surface area contributed by atoms with E-state index in [-0.39, 0.29) is 24.0 Å². The van der Waals surface area contributed by atoms with Crippen molar-refractivity contribution in [3.05, 3.63) is 59.7 Å². The SMILES string of the molecule is CCc1cccc(NC(N)=NCc2cccc(OCCN3CCOCC3)c2)c1.I. The summed E-state index contributed by atoms with van der Waals surface area (Å²) in [5.74, 6) is 1.27. The monoisotopic (exact) mass is 510 g/mol. The van der Waals surface area contributed by atoms with Crippen molar-refractivity contribution in [2.45, 2.75) is 19.9 Å². The highest BCUT2D eigenvalue weighted by molar-refractivity contribution is 14.0. The van der Waals surface area contributed by atoms with Gasteiger partial charge in [-0.05, 0) is 41.8 Å². The van der Waals surface area contributed by atoms with Crippen LogP contribution in [-0.2, 0) is 17.7 Å². The fourth-order valence-corrected chi connectivity index (χ4v) is 3.08. The number of nitrogens with two attached hydrogens (primary N) is 1. The minimum Gasteiger partial charge on any atom is -0.492 e. The lowest BCUT2D eigenvalue weighted by molar-refractivity contribution is 0.0322. The number of anilines is 1. The molecule has 1 aliphatic heterocycles. The molecule has 158 valence electrons. The van der Waals surface area contributed by atoms with E-state index in [9.17, 15) is 0 Å². The van der Waals surface area contributed by atoms with E-state index in [0.29, 0.717) is 19.1 Å². The molecular weight excluding hydrogens is 479 g/mol. The zero-order chi connectivity index (χ0) is 19.6. The summed E-state index contributed by atoms with van der Waals surface area (Å²) in [6, 6.07) is 16.2. The lowest BCUT2D eigenvalue weighted by atomic mass is 10.1. The van der Waals surface area contributed by atoms with Crippen LogP contribution >= 0.6 is 24.0 Å². The topological polar surface area (TPSA) is 72.1 Å². The van der Waals surface area contributed by atoms with Gasteiger partial charge in [0, 0.05) is 25.3 Å². The molecule has 7 heteroatoms. The number of benzene rings is 2. The normalized spacial score (nSPS) is 14.9. The van der Waals surface area contributed by atoms with Crippen molar-refractivity contribution in [2.75, 3.05) is 44.8 Å². The van der Waals surface area contributed by atoms with E-state index in [0.717, 1.165) is 56.3 Å². The number of halogens is 1. The summed E-state index contributed by atoms with van der Waals surface area (Å²) in [5.41, 5.74) is 9.33. The molecule has 1 saturated heterocycles. The van der Waals surface area contributed by atoms with Crippen LogP contribution in [0.2, 0.25) is 0 Å². The van der Waals surface area contributed by atoms with Gasteiger partial charge in [-0.2, -0.15) is 0 Å². The maximum Gasteiger partial charge on any atom is 0.193 e. The number of rotatable bonds is 8. The van der Waals surface area contributed by atoms with E-state index in [1.165, 1.54) is 5.56 Å². The van der Waals surface area contributed by atoms with Crippen molar-refractivity contribution in [1.29, 1.82) is 0 Å². The van der Waals surface area contributed by atoms with Crippen LogP contribution in [0.25, 0.3) is 0 Å². The van der Waals surface area contributed by atoms with E-state index in [1.807, 2.05) is 36.4 Å². The first kappa shape index (κ1) is 23.4. The molecule has 0 unspecified atom stereocenters. The lowest BCUT2D eigenvalue weighted by Gasteiger charge is -2.26. The number of aryl methyl sites for hydroxylation is 1. The first-order chi connectivity index (χ1) is 13.7. The summed E-state index contributed by atoms with van der Waals surface area (Å²) < 4.78 is 11.3. The molecular formula is C22H31IN4O2. The molecule has 6 nitrogen and oxygen atoms in total. The van der Waals surface area contributed by atoms with Gasteiger partial charge in [-0.1, -0.05) is 31.2 Å². The Balaban J connectivity index is 0.00000300. The third-order valence-electron chi connectivity index (χ3n) is 4.72. The number of morpholine rings is 1. The quantitative estimate of drug-likeness (QED) is 0.323. The second-order valence-electron chi connectivity index (χ2n) is 6.83. The maximum absolute atomic E-state index is 6.04. The minimum atomic E-state index is 0. The highest BCUT2D eigenvalue weighted by atomic mass is 127. The number of ether oxygens (including phenoxy) is 2. The Hall–Kier alpha value is -1.84. The van der Waals surface area contributed by atoms with Crippen LogP contribution in [0.5, 0.6) is 5.75 Å². The molecule has 29 heavy (non-hydrogen) atoms. The zero-order valence-corrected chi connectivity index (χ0v) is 19.3. The molecule has 1 fully saturated rings. The van der Waals surface area contributed by atoms with Crippen molar-refractivity contribution in [1.82, 2.24) is 4.90 Å². The first-order valence-corrected chi connectivity index (χ1v) is 9.90. The minimum absolute atomic E-state index is 0. The van der Waals surface area contributed by atoms with Gasteiger partial charge in [0.2, 0.25) is 0 Å². The molecule has 0 aromatic heterocycles. The van der Waals surface area contributed by atoms with Crippen LogP contribution in [-0.4, -0.2) is 50.3 Å². The number of nitrogens with one attached hydrogen (secondary N) is 1. The Morgan fingerprint density at radius 3 is 2.69 bits per heavy atom. The fourth-order valence-electron chi connectivity index (χ4n) is 3.08. The molecule has 0 atom stereocenters.